The van der Waals surface area contributed by atoms with Crippen molar-refractivity contribution in [1.82, 2.24) is 15.1 Å². The molecule has 0 radical (unpaired) electrons. The second kappa shape index (κ2) is 8.05. The van der Waals surface area contributed by atoms with Gasteiger partial charge in [-0.2, -0.15) is 0 Å². The van der Waals surface area contributed by atoms with Gasteiger partial charge in [0.1, 0.15) is 10.8 Å². The van der Waals surface area contributed by atoms with Crippen LogP contribution in [0.1, 0.15) is 27.2 Å². The third kappa shape index (κ3) is 3.77. The van der Waals surface area contributed by atoms with Gasteiger partial charge in [0.15, 0.2) is 5.11 Å². The largest absolute Gasteiger partial charge is 0.361 e. The van der Waals surface area contributed by atoms with E-state index < -0.39 is 25.6 Å². The molecule has 0 aromatic carbocycles. The van der Waals surface area contributed by atoms with Crippen molar-refractivity contribution in [3.05, 3.63) is 28.4 Å². The minimum absolute atomic E-state index is 0.174. The standard InChI is InChI=1S/C17H21F3N4OS2/c1-10-12(8-22-7-5-21-17(22)26)27-16-14(10)15(25)24(9-13(19)20)11(2)23(16)6-3-4-18/h13H,2-9H2,1H3,(H,21,26). The second-order valence-corrected chi connectivity index (χ2v) is 7.87. The van der Waals surface area contributed by atoms with Crippen LogP contribution in [0.4, 0.5) is 18.2 Å². The molecule has 2 aliphatic rings. The van der Waals surface area contributed by atoms with Crippen LogP contribution in [0.15, 0.2) is 12.4 Å². The second-order valence-electron chi connectivity index (χ2n) is 6.40. The Morgan fingerprint density at radius 1 is 1.37 bits per heavy atom. The summed E-state index contributed by atoms with van der Waals surface area (Å²) in [5.74, 6) is -0.304. The van der Waals surface area contributed by atoms with E-state index in [2.05, 4.69) is 11.9 Å². The first-order chi connectivity index (χ1) is 12.8. The van der Waals surface area contributed by atoms with Gasteiger partial charge in [0.2, 0.25) is 0 Å². The van der Waals surface area contributed by atoms with Crippen molar-refractivity contribution in [2.75, 3.05) is 37.8 Å². The smallest absolute Gasteiger partial charge is 0.262 e. The van der Waals surface area contributed by atoms with Crippen LogP contribution in [0.25, 0.3) is 0 Å². The molecule has 1 saturated heterocycles. The Hall–Kier alpha value is -1.81. The average molecular weight is 419 g/mol. The molecule has 0 saturated carbocycles. The van der Waals surface area contributed by atoms with Crippen LogP contribution in [0, 0.1) is 6.92 Å². The van der Waals surface area contributed by atoms with Crippen molar-refractivity contribution < 1.29 is 18.0 Å². The first kappa shape index (κ1) is 19.9. The first-order valence-corrected chi connectivity index (χ1v) is 9.85. The number of hydrogen-bond acceptors (Lipinski definition) is 4. The Labute approximate surface area is 165 Å². The Bertz CT molecular complexity index is 768. The van der Waals surface area contributed by atoms with Crippen LogP contribution < -0.4 is 10.2 Å². The lowest BCUT2D eigenvalue weighted by Gasteiger charge is -2.38. The summed E-state index contributed by atoms with van der Waals surface area (Å²) in [5, 5.41) is 4.39. The van der Waals surface area contributed by atoms with Crippen molar-refractivity contribution in [3.63, 3.8) is 0 Å². The van der Waals surface area contributed by atoms with Crippen molar-refractivity contribution >= 4 is 39.6 Å². The molecule has 10 heteroatoms. The third-order valence-corrected chi connectivity index (χ3v) is 6.37. The molecule has 1 aromatic heterocycles. The van der Waals surface area contributed by atoms with Gasteiger partial charge in [-0.1, -0.05) is 6.58 Å². The fourth-order valence-corrected chi connectivity index (χ4v) is 4.88. The summed E-state index contributed by atoms with van der Waals surface area (Å²) in [5.41, 5.74) is 1.16. The molecule has 27 heavy (non-hydrogen) atoms. The Morgan fingerprint density at radius 3 is 2.70 bits per heavy atom. The molecule has 5 nitrogen and oxygen atoms in total. The summed E-state index contributed by atoms with van der Waals surface area (Å²) < 4.78 is 38.8. The Kier molecular flexibility index (Phi) is 5.95. The Morgan fingerprint density at radius 2 is 2.11 bits per heavy atom. The maximum absolute atomic E-state index is 13.0. The molecule has 0 spiro atoms. The number of thiocarbonyl (C=S) groups is 1. The van der Waals surface area contributed by atoms with E-state index in [9.17, 15) is 18.0 Å². The molecule has 0 aliphatic carbocycles. The summed E-state index contributed by atoms with van der Waals surface area (Å²) in [6, 6.07) is 0. The van der Waals surface area contributed by atoms with Crippen molar-refractivity contribution in [2.24, 2.45) is 0 Å². The molecule has 1 aromatic rings. The number of anilines is 1. The number of fused-ring (bicyclic) bond motifs is 1. The first-order valence-electron chi connectivity index (χ1n) is 8.62. The predicted octanol–water partition coefficient (Wildman–Crippen LogP) is 3.10. The normalized spacial score (nSPS) is 17.2. The highest BCUT2D eigenvalue weighted by Crippen LogP contribution is 2.43. The van der Waals surface area contributed by atoms with Gasteiger partial charge in [-0.15, -0.1) is 11.3 Å². The van der Waals surface area contributed by atoms with E-state index in [-0.39, 0.29) is 18.8 Å². The summed E-state index contributed by atoms with van der Waals surface area (Å²) in [6.07, 6.45) is -2.46. The van der Waals surface area contributed by atoms with E-state index in [1.807, 2.05) is 11.8 Å². The lowest BCUT2D eigenvalue weighted by molar-refractivity contribution is 0.0621. The molecule has 2 aliphatic heterocycles. The van der Waals surface area contributed by atoms with Crippen LogP contribution >= 0.6 is 23.6 Å². The zero-order valence-corrected chi connectivity index (χ0v) is 16.6. The highest BCUT2D eigenvalue weighted by Gasteiger charge is 2.38. The number of carbonyl (C=O) groups is 1. The van der Waals surface area contributed by atoms with Crippen molar-refractivity contribution in [3.8, 4) is 0 Å². The molecule has 1 fully saturated rings. The molecule has 3 rings (SSSR count). The van der Waals surface area contributed by atoms with E-state index in [0.29, 0.717) is 22.2 Å². The maximum atomic E-state index is 13.0. The van der Waals surface area contributed by atoms with Gasteiger partial charge < -0.3 is 15.1 Å². The molecule has 1 amide bonds. The summed E-state index contributed by atoms with van der Waals surface area (Å²) in [6.45, 7) is 6.74. The quantitative estimate of drug-likeness (QED) is 0.689. The minimum Gasteiger partial charge on any atom is -0.361 e. The Balaban J connectivity index is 1.98. The van der Waals surface area contributed by atoms with Gasteiger partial charge in [-0.25, -0.2) is 8.78 Å². The average Bonchev–Trinajstić information content (AvgIpc) is 3.16. The summed E-state index contributed by atoms with van der Waals surface area (Å²) >= 11 is 6.69. The number of nitrogens with zero attached hydrogens (tertiary/aromatic N) is 3. The van der Waals surface area contributed by atoms with Crippen LogP contribution in [0.2, 0.25) is 0 Å². The maximum Gasteiger partial charge on any atom is 0.262 e. The van der Waals surface area contributed by atoms with Gasteiger partial charge in [0.05, 0.1) is 25.3 Å². The van der Waals surface area contributed by atoms with E-state index in [4.69, 9.17) is 12.2 Å². The van der Waals surface area contributed by atoms with Crippen LogP contribution in [-0.4, -0.2) is 60.1 Å². The van der Waals surface area contributed by atoms with Crippen LogP contribution in [0.5, 0.6) is 0 Å². The highest BCUT2D eigenvalue weighted by atomic mass is 32.1. The van der Waals surface area contributed by atoms with Crippen molar-refractivity contribution in [1.29, 1.82) is 0 Å². The number of carbonyl (C=O) groups excluding carboxylic acids is 1. The molecule has 148 valence electrons. The lowest BCUT2D eigenvalue weighted by atomic mass is 10.1. The van der Waals surface area contributed by atoms with E-state index in [0.717, 1.165) is 28.4 Å². The number of alkyl halides is 3. The van der Waals surface area contributed by atoms with Gasteiger partial charge in [-0.3, -0.25) is 14.1 Å². The number of hydrogen-bond donors (Lipinski definition) is 1. The van der Waals surface area contributed by atoms with Gasteiger partial charge >= 0.3 is 0 Å². The third-order valence-electron chi connectivity index (χ3n) is 4.67. The highest BCUT2D eigenvalue weighted by molar-refractivity contribution is 7.80. The topological polar surface area (TPSA) is 38.8 Å². The molecule has 3 heterocycles. The molecule has 0 bridgehead atoms. The van der Waals surface area contributed by atoms with Gasteiger partial charge in [-0.05, 0) is 31.1 Å². The SMILES string of the molecule is C=C1N(CC(F)F)C(=O)c2c(sc(CN3CCNC3=S)c2C)N1CCCF. The molecular formula is C17H21F3N4OS2. The number of rotatable bonds is 7. The fourth-order valence-electron chi connectivity index (χ4n) is 3.26. The molecule has 1 N–H and O–H groups in total. The van der Waals surface area contributed by atoms with Gasteiger partial charge in [0.25, 0.3) is 12.3 Å². The summed E-state index contributed by atoms with van der Waals surface area (Å²) in [4.78, 5) is 18.5. The van der Waals surface area contributed by atoms with Gasteiger partial charge in [0, 0.05) is 24.5 Å². The van der Waals surface area contributed by atoms with E-state index in [1.54, 1.807) is 4.90 Å². The van der Waals surface area contributed by atoms with Crippen molar-refractivity contribution in [2.45, 2.75) is 26.3 Å². The van der Waals surface area contributed by atoms with E-state index in [1.165, 1.54) is 11.3 Å². The minimum atomic E-state index is -2.68. The zero-order chi connectivity index (χ0) is 19.7. The number of amides is 1. The van der Waals surface area contributed by atoms with Crippen LogP contribution in [-0.2, 0) is 6.54 Å². The fraction of sp³-hybridized carbons (Fsp3) is 0.529. The monoisotopic (exact) mass is 418 g/mol. The summed E-state index contributed by atoms with van der Waals surface area (Å²) in [7, 11) is 0. The lowest BCUT2D eigenvalue weighted by Crippen LogP contribution is -2.46. The predicted molar refractivity (Wildman–Crippen MR) is 104 cm³/mol. The molecule has 0 unspecified atom stereocenters. The molecule has 0 atom stereocenters. The van der Waals surface area contributed by atoms with E-state index >= 15 is 0 Å². The number of nitrogens with one attached hydrogen (secondary N) is 1. The molecular weight excluding hydrogens is 397 g/mol. The zero-order valence-electron chi connectivity index (χ0n) is 14.9. The number of halogens is 3. The number of thiophene rings is 1. The van der Waals surface area contributed by atoms with Crippen LogP contribution in [0.3, 0.4) is 0 Å².